The Balaban J connectivity index is 2.08. The summed E-state index contributed by atoms with van der Waals surface area (Å²) in [6.45, 7) is 3.63. The monoisotopic (exact) mass is 274 g/mol. The maximum Gasteiger partial charge on any atom is 0.230 e. The van der Waals surface area contributed by atoms with Crippen LogP contribution in [-0.4, -0.2) is 19.0 Å². The number of rotatable bonds is 5. The Bertz CT molecular complexity index is 410. The van der Waals surface area contributed by atoms with Crippen LogP contribution in [-0.2, 0) is 4.79 Å². The average molecular weight is 274 g/mol. The molecule has 1 amide bonds. The first-order chi connectivity index (χ1) is 9.72. The Labute approximate surface area is 122 Å². The number of carbonyl (C=O) groups excluding carboxylic acids is 1. The maximum atomic E-state index is 12.8. The molecule has 0 aliphatic heterocycles. The summed E-state index contributed by atoms with van der Waals surface area (Å²) in [4.78, 5) is 14.7. The van der Waals surface area contributed by atoms with E-state index in [0.29, 0.717) is 6.54 Å². The Morgan fingerprint density at radius 3 is 2.45 bits per heavy atom. The lowest BCUT2D eigenvalue weighted by Gasteiger charge is -2.31. The van der Waals surface area contributed by atoms with Crippen LogP contribution >= 0.6 is 0 Å². The second kappa shape index (κ2) is 7.44. The molecule has 20 heavy (non-hydrogen) atoms. The number of nitrogens with two attached hydrogens (primary N) is 1. The van der Waals surface area contributed by atoms with E-state index in [1.165, 1.54) is 12.8 Å². The van der Waals surface area contributed by atoms with Gasteiger partial charge in [-0.15, -0.1) is 0 Å². The molecule has 0 radical (unpaired) electrons. The second-order valence-corrected chi connectivity index (χ2v) is 5.92. The van der Waals surface area contributed by atoms with E-state index in [4.69, 9.17) is 5.73 Å². The van der Waals surface area contributed by atoms with Crippen LogP contribution in [0, 0.1) is 11.8 Å². The summed E-state index contributed by atoms with van der Waals surface area (Å²) < 4.78 is 0. The van der Waals surface area contributed by atoms with Gasteiger partial charge in [-0.3, -0.25) is 4.79 Å². The molecule has 2 rings (SSSR count). The van der Waals surface area contributed by atoms with E-state index in [2.05, 4.69) is 6.92 Å². The summed E-state index contributed by atoms with van der Waals surface area (Å²) in [6, 6.07) is 9.99. The maximum absolute atomic E-state index is 12.8. The van der Waals surface area contributed by atoms with Gasteiger partial charge in [-0.2, -0.15) is 0 Å². The van der Waals surface area contributed by atoms with Gasteiger partial charge in [-0.1, -0.05) is 25.1 Å². The molecule has 1 aliphatic rings. The highest BCUT2D eigenvalue weighted by atomic mass is 16.2. The quantitative estimate of drug-likeness (QED) is 0.896. The molecule has 0 saturated heterocycles. The van der Waals surface area contributed by atoms with Crippen molar-refractivity contribution in [3.63, 3.8) is 0 Å². The molecule has 0 unspecified atom stereocenters. The largest absolute Gasteiger partial charge is 0.330 e. The summed E-state index contributed by atoms with van der Waals surface area (Å²) in [5.74, 6) is 1.26. The van der Waals surface area contributed by atoms with E-state index in [-0.39, 0.29) is 11.8 Å². The van der Waals surface area contributed by atoms with E-state index >= 15 is 0 Å². The van der Waals surface area contributed by atoms with Crippen LogP contribution in [0.4, 0.5) is 5.69 Å². The van der Waals surface area contributed by atoms with Crippen molar-refractivity contribution in [3.05, 3.63) is 30.3 Å². The molecule has 0 bridgehead atoms. The zero-order chi connectivity index (χ0) is 14.4. The molecular weight excluding hydrogens is 248 g/mol. The molecular formula is C17H26N2O. The topological polar surface area (TPSA) is 46.3 Å². The number of hydrogen-bond acceptors (Lipinski definition) is 2. The highest BCUT2D eigenvalue weighted by Gasteiger charge is 2.28. The summed E-state index contributed by atoms with van der Waals surface area (Å²) in [6.07, 6.45) is 5.27. The van der Waals surface area contributed by atoms with Crippen molar-refractivity contribution >= 4 is 11.6 Å². The number of hydrogen-bond donors (Lipinski definition) is 1. The molecule has 110 valence electrons. The zero-order valence-corrected chi connectivity index (χ0v) is 12.4. The predicted molar refractivity (Wildman–Crippen MR) is 83.6 cm³/mol. The van der Waals surface area contributed by atoms with Gasteiger partial charge in [0.15, 0.2) is 0 Å². The van der Waals surface area contributed by atoms with Gasteiger partial charge in [0, 0.05) is 18.2 Å². The van der Waals surface area contributed by atoms with Crippen molar-refractivity contribution in [2.75, 3.05) is 18.0 Å². The number of para-hydroxylation sites is 1. The third-order valence-corrected chi connectivity index (χ3v) is 4.28. The standard InChI is InChI=1S/C17H26N2O/c1-14-8-10-15(11-9-14)17(20)19(13-5-12-18)16-6-3-2-4-7-16/h2-4,6-7,14-15H,5,8-13,18H2,1H3. The van der Waals surface area contributed by atoms with Crippen LogP contribution in [0.2, 0.25) is 0 Å². The third kappa shape index (κ3) is 3.83. The smallest absolute Gasteiger partial charge is 0.230 e. The minimum Gasteiger partial charge on any atom is -0.330 e. The van der Waals surface area contributed by atoms with Crippen LogP contribution < -0.4 is 10.6 Å². The number of benzene rings is 1. The fraction of sp³-hybridized carbons (Fsp3) is 0.588. The molecule has 1 saturated carbocycles. The van der Waals surface area contributed by atoms with Crippen molar-refractivity contribution in [1.29, 1.82) is 0 Å². The molecule has 0 spiro atoms. The second-order valence-electron chi connectivity index (χ2n) is 5.92. The lowest BCUT2D eigenvalue weighted by atomic mass is 9.82. The molecule has 1 aliphatic carbocycles. The number of amides is 1. The Morgan fingerprint density at radius 1 is 1.20 bits per heavy atom. The molecule has 0 aromatic heterocycles. The molecule has 0 atom stereocenters. The van der Waals surface area contributed by atoms with Crippen LogP contribution in [0.3, 0.4) is 0 Å². The van der Waals surface area contributed by atoms with Crippen molar-refractivity contribution in [3.8, 4) is 0 Å². The van der Waals surface area contributed by atoms with Gasteiger partial charge >= 0.3 is 0 Å². The molecule has 0 heterocycles. The van der Waals surface area contributed by atoms with Crippen LogP contribution in [0.25, 0.3) is 0 Å². The van der Waals surface area contributed by atoms with Gasteiger partial charge in [0.1, 0.15) is 0 Å². The van der Waals surface area contributed by atoms with E-state index < -0.39 is 0 Å². The average Bonchev–Trinajstić information content (AvgIpc) is 2.49. The first kappa shape index (κ1) is 15.0. The van der Waals surface area contributed by atoms with Crippen LogP contribution in [0.1, 0.15) is 39.0 Å². The van der Waals surface area contributed by atoms with Crippen molar-refractivity contribution < 1.29 is 4.79 Å². The first-order valence-electron chi connectivity index (χ1n) is 7.79. The van der Waals surface area contributed by atoms with Gasteiger partial charge in [-0.05, 0) is 56.7 Å². The normalized spacial score (nSPS) is 22.5. The Kier molecular flexibility index (Phi) is 5.60. The first-order valence-corrected chi connectivity index (χ1v) is 7.79. The number of carbonyl (C=O) groups is 1. The molecule has 1 aromatic rings. The molecule has 2 N–H and O–H groups in total. The zero-order valence-electron chi connectivity index (χ0n) is 12.4. The SMILES string of the molecule is CC1CCC(C(=O)N(CCCN)c2ccccc2)CC1. The van der Waals surface area contributed by atoms with E-state index in [9.17, 15) is 4.79 Å². The van der Waals surface area contributed by atoms with Gasteiger partial charge in [0.05, 0.1) is 0 Å². The van der Waals surface area contributed by atoms with Crippen molar-refractivity contribution in [2.45, 2.75) is 39.0 Å². The number of anilines is 1. The Morgan fingerprint density at radius 2 is 1.85 bits per heavy atom. The predicted octanol–water partition coefficient (Wildman–Crippen LogP) is 3.19. The highest BCUT2D eigenvalue weighted by molar-refractivity contribution is 5.95. The fourth-order valence-electron chi connectivity index (χ4n) is 2.95. The van der Waals surface area contributed by atoms with Crippen LogP contribution in [0.5, 0.6) is 0 Å². The minimum absolute atomic E-state index is 0.198. The van der Waals surface area contributed by atoms with Crippen molar-refractivity contribution in [2.24, 2.45) is 17.6 Å². The van der Waals surface area contributed by atoms with Gasteiger partial charge in [0.25, 0.3) is 0 Å². The lowest BCUT2D eigenvalue weighted by Crippen LogP contribution is -2.39. The third-order valence-electron chi connectivity index (χ3n) is 4.28. The van der Waals surface area contributed by atoms with E-state index in [1.807, 2.05) is 35.2 Å². The Hall–Kier alpha value is -1.35. The summed E-state index contributed by atoms with van der Waals surface area (Å²) >= 11 is 0. The van der Waals surface area contributed by atoms with Gasteiger partial charge < -0.3 is 10.6 Å². The number of nitrogens with zero attached hydrogens (tertiary/aromatic N) is 1. The van der Waals surface area contributed by atoms with Crippen LogP contribution in [0.15, 0.2) is 30.3 Å². The summed E-state index contributed by atoms with van der Waals surface area (Å²) in [5, 5.41) is 0. The lowest BCUT2D eigenvalue weighted by molar-refractivity contribution is -0.123. The minimum atomic E-state index is 0.198. The molecule has 3 heteroatoms. The molecule has 3 nitrogen and oxygen atoms in total. The summed E-state index contributed by atoms with van der Waals surface area (Å²) in [7, 11) is 0. The fourth-order valence-corrected chi connectivity index (χ4v) is 2.95. The van der Waals surface area contributed by atoms with Gasteiger partial charge in [0.2, 0.25) is 5.91 Å². The highest BCUT2D eigenvalue weighted by Crippen LogP contribution is 2.30. The molecule has 1 aromatic carbocycles. The van der Waals surface area contributed by atoms with E-state index in [0.717, 1.165) is 37.4 Å². The van der Waals surface area contributed by atoms with Crippen molar-refractivity contribution in [1.82, 2.24) is 0 Å². The van der Waals surface area contributed by atoms with E-state index in [1.54, 1.807) is 0 Å². The van der Waals surface area contributed by atoms with Gasteiger partial charge in [-0.25, -0.2) is 0 Å². The molecule has 1 fully saturated rings. The summed E-state index contributed by atoms with van der Waals surface area (Å²) in [5.41, 5.74) is 6.62.